The highest BCUT2D eigenvalue weighted by molar-refractivity contribution is 9.10. The second-order valence-electron chi connectivity index (χ2n) is 7.43. The van der Waals surface area contributed by atoms with Crippen LogP contribution >= 0.6 is 15.9 Å². The van der Waals surface area contributed by atoms with Gasteiger partial charge in [0.1, 0.15) is 0 Å². The van der Waals surface area contributed by atoms with Gasteiger partial charge in [0.05, 0.1) is 17.4 Å². The molecule has 0 aliphatic carbocycles. The van der Waals surface area contributed by atoms with E-state index in [1.165, 1.54) is 12.8 Å². The van der Waals surface area contributed by atoms with Crippen molar-refractivity contribution in [3.05, 3.63) is 63.1 Å². The summed E-state index contributed by atoms with van der Waals surface area (Å²) in [5.74, 6) is 1.42. The third kappa shape index (κ3) is 3.42. The van der Waals surface area contributed by atoms with E-state index in [1.54, 1.807) is 6.20 Å². The molecule has 0 bridgehead atoms. The van der Waals surface area contributed by atoms with Crippen LogP contribution < -0.4 is 10.5 Å². The summed E-state index contributed by atoms with van der Waals surface area (Å²) in [6.07, 6.45) is 8.35. The first kappa shape index (κ1) is 18.3. The van der Waals surface area contributed by atoms with Crippen LogP contribution in [0.5, 0.6) is 0 Å². The Bertz CT molecular complexity index is 1220. The highest BCUT2D eigenvalue weighted by Crippen LogP contribution is 2.25. The molecule has 1 aliphatic heterocycles. The zero-order valence-electron chi connectivity index (χ0n) is 16.0. The lowest BCUT2D eigenvalue weighted by molar-refractivity contribution is 0.683. The molecule has 148 valence electrons. The Morgan fingerprint density at radius 1 is 1.07 bits per heavy atom. The van der Waals surface area contributed by atoms with Gasteiger partial charge in [-0.2, -0.15) is 4.98 Å². The predicted octanol–water partition coefficient (Wildman–Crippen LogP) is 3.63. The van der Waals surface area contributed by atoms with Crippen LogP contribution in [0.15, 0.2) is 52.0 Å². The summed E-state index contributed by atoms with van der Waals surface area (Å²) in [5, 5.41) is 5.52. The molecular formula is C21H21BrN6O. The minimum Gasteiger partial charge on any atom is -0.341 e. The minimum absolute atomic E-state index is 0.240. The highest BCUT2D eigenvalue weighted by Gasteiger charge is 2.21. The van der Waals surface area contributed by atoms with Crippen LogP contribution in [-0.2, 0) is 6.54 Å². The molecule has 1 saturated heterocycles. The van der Waals surface area contributed by atoms with Crippen LogP contribution in [0, 0.1) is 0 Å². The highest BCUT2D eigenvalue weighted by atomic mass is 79.9. The summed E-state index contributed by atoms with van der Waals surface area (Å²) < 4.78 is 4.72. The van der Waals surface area contributed by atoms with Crippen molar-refractivity contribution in [3.8, 4) is 0 Å². The summed E-state index contributed by atoms with van der Waals surface area (Å²) >= 11 is 3.47. The largest absolute Gasteiger partial charge is 0.341 e. The number of benzene rings is 1. The minimum atomic E-state index is -0.240. The average Bonchev–Trinajstić information content (AvgIpc) is 2.91. The van der Waals surface area contributed by atoms with Gasteiger partial charge in [-0.05, 0) is 42.7 Å². The SMILES string of the molecule is O=c1nc2n(Cc3cccnc3)nc(N3CCCCCC3)n2c2ccc(Br)cc12. The first-order chi connectivity index (χ1) is 14.2. The van der Waals surface area contributed by atoms with Crippen molar-refractivity contribution in [1.82, 2.24) is 24.1 Å². The number of hydrogen-bond acceptors (Lipinski definition) is 5. The Morgan fingerprint density at radius 2 is 1.90 bits per heavy atom. The molecule has 1 fully saturated rings. The molecule has 0 N–H and O–H groups in total. The summed E-state index contributed by atoms with van der Waals surface area (Å²) in [6, 6.07) is 9.67. The molecule has 0 amide bonds. The van der Waals surface area contributed by atoms with E-state index in [0.29, 0.717) is 17.7 Å². The summed E-state index contributed by atoms with van der Waals surface area (Å²) in [5.41, 5.74) is 1.61. The molecule has 0 saturated carbocycles. The number of aromatic nitrogens is 5. The molecule has 7 nitrogen and oxygen atoms in total. The average molecular weight is 453 g/mol. The normalized spacial score (nSPS) is 15.1. The van der Waals surface area contributed by atoms with Crippen molar-refractivity contribution < 1.29 is 0 Å². The lowest BCUT2D eigenvalue weighted by Crippen LogP contribution is -2.26. The van der Waals surface area contributed by atoms with Gasteiger partial charge in [-0.25, -0.2) is 9.08 Å². The summed E-state index contributed by atoms with van der Waals surface area (Å²) in [4.78, 5) is 23.7. The van der Waals surface area contributed by atoms with Crippen molar-refractivity contribution in [2.45, 2.75) is 32.2 Å². The van der Waals surface area contributed by atoms with Crippen LogP contribution in [-0.4, -0.2) is 37.2 Å². The number of rotatable bonds is 3. The molecule has 5 rings (SSSR count). The Hall–Kier alpha value is -2.74. The smallest absolute Gasteiger partial charge is 0.282 e. The molecule has 4 aromatic rings. The Balaban J connectivity index is 1.76. The van der Waals surface area contributed by atoms with Gasteiger partial charge in [0.25, 0.3) is 5.56 Å². The van der Waals surface area contributed by atoms with Gasteiger partial charge in [0.2, 0.25) is 11.7 Å². The van der Waals surface area contributed by atoms with Crippen molar-refractivity contribution in [2.24, 2.45) is 0 Å². The Kier molecular flexibility index (Phi) is 4.79. The molecule has 0 spiro atoms. The maximum Gasteiger partial charge on any atom is 0.282 e. The fraction of sp³-hybridized carbons (Fsp3) is 0.333. The lowest BCUT2D eigenvalue weighted by Gasteiger charge is -2.20. The second-order valence-corrected chi connectivity index (χ2v) is 8.35. The topological polar surface area (TPSA) is 68.3 Å². The van der Waals surface area contributed by atoms with Crippen molar-refractivity contribution in [3.63, 3.8) is 0 Å². The molecule has 4 heterocycles. The molecular weight excluding hydrogens is 432 g/mol. The van der Waals surface area contributed by atoms with E-state index < -0.39 is 0 Å². The number of nitrogens with zero attached hydrogens (tertiary/aromatic N) is 6. The second kappa shape index (κ2) is 7.59. The van der Waals surface area contributed by atoms with Crippen molar-refractivity contribution in [1.29, 1.82) is 0 Å². The summed E-state index contributed by atoms with van der Waals surface area (Å²) in [7, 11) is 0. The predicted molar refractivity (Wildman–Crippen MR) is 116 cm³/mol. The van der Waals surface area contributed by atoms with Gasteiger partial charge >= 0.3 is 0 Å². The number of fused-ring (bicyclic) bond motifs is 3. The number of halogens is 1. The maximum absolute atomic E-state index is 12.8. The number of anilines is 1. The number of hydrogen-bond donors (Lipinski definition) is 0. The Labute approximate surface area is 176 Å². The Morgan fingerprint density at radius 3 is 2.66 bits per heavy atom. The summed E-state index contributed by atoms with van der Waals surface area (Å²) in [6.45, 7) is 2.44. The molecule has 0 radical (unpaired) electrons. The quantitative estimate of drug-likeness (QED) is 0.474. The molecule has 3 aromatic heterocycles. The molecule has 8 heteroatoms. The van der Waals surface area contributed by atoms with Crippen LogP contribution in [0.25, 0.3) is 16.7 Å². The molecule has 1 aliphatic rings. The molecule has 1 aromatic carbocycles. The van der Waals surface area contributed by atoms with E-state index in [9.17, 15) is 4.79 Å². The van der Waals surface area contributed by atoms with Gasteiger partial charge in [0.15, 0.2) is 0 Å². The van der Waals surface area contributed by atoms with Crippen molar-refractivity contribution in [2.75, 3.05) is 18.0 Å². The first-order valence-electron chi connectivity index (χ1n) is 9.93. The van der Waals surface area contributed by atoms with Gasteiger partial charge in [0, 0.05) is 30.0 Å². The molecule has 29 heavy (non-hydrogen) atoms. The van der Waals surface area contributed by atoms with E-state index >= 15 is 0 Å². The van der Waals surface area contributed by atoms with Crippen LogP contribution in [0.1, 0.15) is 31.2 Å². The van der Waals surface area contributed by atoms with Gasteiger partial charge < -0.3 is 4.90 Å². The van der Waals surface area contributed by atoms with Crippen LogP contribution in [0.4, 0.5) is 5.95 Å². The zero-order valence-corrected chi connectivity index (χ0v) is 17.5. The van der Waals surface area contributed by atoms with E-state index in [0.717, 1.165) is 47.4 Å². The third-order valence-corrected chi connectivity index (χ3v) is 5.91. The van der Waals surface area contributed by atoms with Gasteiger partial charge in [-0.3, -0.25) is 9.78 Å². The van der Waals surface area contributed by atoms with E-state index in [2.05, 4.69) is 30.8 Å². The van der Waals surface area contributed by atoms with Crippen molar-refractivity contribution >= 4 is 38.6 Å². The number of pyridine rings is 1. The third-order valence-electron chi connectivity index (χ3n) is 5.42. The van der Waals surface area contributed by atoms with E-state index in [4.69, 9.17) is 5.10 Å². The van der Waals surface area contributed by atoms with Crippen LogP contribution in [0.2, 0.25) is 0 Å². The fourth-order valence-corrected chi connectivity index (χ4v) is 4.36. The fourth-order valence-electron chi connectivity index (χ4n) is 4.00. The molecule has 0 unspecified atom stereocenters. The van der Waals surface area contributed by atoms with E-state index in [1.807, 2.05) is 45.6 Å². The van der Waals surface area contributed by atoms with Crippen LogP contribution in [0.3, 0.4) is 0 Å². The maximum atomic E-state index is 12.8. The van der Waals surface area contributed by atoms with Gasteiger partial charge in [-0.1, -0.05) is 34.8 Å². The lowest BCUT2D eigenvalue weighted by atomic mass is 10.2. The zero-order chi connectivity index (χ0) is 19.8. The monoisotopic (exact) mass is 452 g/mol. The standard InChI is InChI=1S/C21H21BrN6O/c22-16-7-8-18-17(12-16)19(29)24-20-27(14-15-6-5-9-23-13-15)25-21(28(18)20)26-10-3-1-2-4-11-26/h5-9,12-13H,1-4,10-11,14H2. The first-order valence-corrected chi connectivity index (χ1v) is 10.7. The van der Waals surface area contributed by atoms with Gasteiger partial charge in [-0.15, -0.1) is 5.10 Å². The van der Waals surface area contributed by atoms with E-state index in [-0.39, 0.29) is 5.56 Å². The molecule has 0 atom stereocenters.